The highest BCUT2D eigenvalue weighted by molar-refractivity contribution is 9.09. The van der Waals surface area contributed by atoms with Gasteiger partial charge < -0.3 is 5.73 Å². The quantitative estimate of drug-likeness (QED) is 0.479. The molecule has 6 heteroatoms. The predicted molar refractivity (Wildman–Crippen MR) is 41.7 cm³/mol. The van der Waals surface area contributed by atoms with Crippen LogP contribution in [0.2, 0.25) is 0 Å². The van der Waals surface area contributed by atoms with Crippen molar-refractivity contribution in [1.82, 2.24) is 5.48 Å². The molecule has 0 unspecified atom stereocenters. The SMILES string of the molecule is NC(=O)CONC(=O)CCBr. The molecule has 0 rings (SSSR count). The second-order valence-electron chi connectivity index (χ2n) is 1.72. The molecular formula is C5H9BrN2O3. The molecule has 64 valence electrons. The molecule has 5 nitrogen and oxygen atoms in total. The van der Waals surface area contributed by atoms with Gasteiger partial charge in [-0.25, -0.2) is 5.48 Å². The molecule has 0 fully saturated rings. The molecule has 0 radical (unpaired) electrons. The summed E-state index contributed by atoms with van der Waals surface area (Å²) in [6.07, 6.45) is 0.304. The average molecular weight is 225 g/mol. The van der Waals surface area contributed by atoms with Gasteiger partial charge in [0.1, 0.15) is 0 Å². The minimum atomic E-state index is -0.621. The third-order valence-electron chi connectivity index (χ3n) is 0.722. The summed E-state index contributed by atoms with van der Waals surface area (Å²) in [5.74, 6) is -0.910. The number of carbonyl (C=O) groups is 2. The summed E-state index contributed by atoms with van der Waals surface area (Å²) < 4.78 is 0. The number of nitrogens with two attached hydrogens (primary N) is 1. The van der Waals surface area contributed by atoms with Crippen molar-refractivity contribution >= 4 is 27.7 Å². The normalized spacial score (nSPS) is 9.18. The number of alkyl halides is 1. The number of rotatable bonds is 5. The van der Waals surface area contributed by atoms with Crippen molar-refractivity contribution < 1.29 is 14.4 Å². The topological polar surface area (TPSA) is 81.4 Å². The van der Waals surface area contributed by atoms with Crippen molar-refractivity contribution in [3.8, 4) is 0 Å². The molecule has 0 heterocycles. The Labute approximate surface area is 72.3 Å². The Morgan fingerprint density at radius 3 is 2.64 bits per heavy atom. The number of hydrogen-bond acceptors (Lipinski definition) is 3. The van der Waals surface area contributed by atoms with Gasteiger partial charge in [-0.05, 0) is 0 Å². The van der Waals surface area contributed by atoms with Crippen molar-refractivity contribution in [1.29, 1.82) is 0 Å². The second kappa shape index (κ2) is 6.11. The molecule has 0 aromatic carbocycles. The lowest BCUT2D eigenvalue weighted by molar-refractivity contribution is -0.137. The Bertz CT molecular complexity index is 151. The monoisotopic (exact) mass is 224 g/mol. The van der Waals surface area contributed by atoms with Crippen LogP contribution in [0.3, 0.4) is 0 Å². The van der Waals surface area contributed by atoms with E-state index >= 15 is 0 Å². The number of amides is 2. The van der Waals surface area contributed by atoms with E-state index in [1.807, 2.05) is 5.48 Å². The zero-order valence-electron chi connectivity index (χ0n) is 5.80. The molecule has 0 spiro atoms. The van der Waals surface area contributed by atoms with Gasteiger partial charge in [-0.2, -0.15) is 0 Å². The second-order valence-corrected chi connectivity index (χ2v) is 2.51. The number of nitrogens with one attached hydrogen (secondary N) is 1. The molecule has 3 N–H and O–H groups in total. The first-order chi connectivity index (χ1) is 5.16. The van der Waals surface area contributed by atoms with Crippen LogP contribution >= 0.6 is 15.9 Å². The van der Waals surface area contributed by atoms with Crippen molar-refractivity contribution in [2.75, 3.05) is 11.9 Å². The summed E-state index contributed by atoms with van der Waals surface area (Å²) in [4.78, 5) is 25.1. The minimum Gasteiger partial charge on any atom is -0.368 e. The molecular weight excluding hydrogens is 216 g/mol. The molecule has 11 heavy (non-hydrogen) atoms. The lowest BCUT2D eigenvalue weighted by Crippen LogP contribution is -2.29. The molecule has 0 aromatic rings. The van der Waals surface area contributed by atoms with Gasteiger partial charge in [0.25, 0.3) is 0 Å². The van der Waals surface area contributed by atoms with E-state index in [4.69, 9.17) is 5.73 Å². The fourth-order valence-corrected chi connectivity index (χ4v) is 0.685. The number of hydrogen-bond donors (Lipinski definition) is 2. The molecule has 0 aliphatic carbocycles. The van der Waals surface area contributed by atoms with Crippen LogP contribution in [-0.4, -0.2) is 23.8 Å². The maximum Gasteiger partial charge on any atom is 0.246 e. The smallest absolute Gasteiger partial charge is 0.246 e. The Morgan fingerprint density at radius 2 is 2.18 bits per heavy atom. The maximum atomic E-state index is 10.6. The van der Waals surface area contributed by atoms with Crippen molar-refractivity contribution in [3.63, 3.8) is 0 Å². The molecule has 0 aliphatic rings. The maximum absolute atomic E-state index is 10.6. The zero-order valence-corrected chi connectivity index (χ0v) is 7.39. The summed E-state index contributed by atoms with van der Waals surface area (Å²) in [5, 5.41) is 0.554. The molecule has 0 aliphatic heterocycles. The number of hydroxylamine groups is 1. The lowest BCUT2D eigenvalue weighted by atomic mass is 10.5. The van der Waals surface area contributed by atoms with Gasteiger partial charge in [0.15, 0.2) is 6.61 Å². The summed E-state index contributed by atoms with van der Waals surface area (Å²) in [7, 11) is 0. The average Bonchev–Trinajstić information content (AvgIpc) is 1.87. The number of carbonyl (C=O) groups excluding carboxylic acids is 2. The van der Waals surface area contributed by atoms with Crippen molar-refractivity contribution in [2.24, 2.45) is 5.73 Å². The third-order valence-corrected chi connectivity index (χ3v) is 1.12. The standard InChI is InChI=1S/C5H9BrN2O3/c6-2-1-5(10)8-11-3-4(7)9/h1-3H2,(H2,7,9)(H,8,10). The Morgan fingerprint density at radius 1 is 1.55 bits per heavy atom. The van der Waals surface area contributed by atoms with Gasteiger partial charge in [0.2, 0.25) is 11.8 Å². The van der Waals surface area contributed by atoms with E-state index in [0.717, 1.165) is 0 Å². The number of primary amides is 1. The molecule has 0 saturated heterocycles. The van der Waals surface area contributed by atoms with E-state index in [-0.39, 0.29) is 12.5 Å². The van der Waals surface area contributed by atoms with Crippen LogP contribution in [0.15, 0.2) is 0 Å². The van der Waals surface area contributed by atoms with Crippen LogP contribution in [0.25, 0.3) is 0 Å². The van der Waals surface area contributed by atoms with E-state index < -0.39 is 5.91 Å². The Balaban J connectivity index is 3.24. The van der Waals surface area contributed by atoms with Crippen LogP contribution < -0.4 is 11.2 Å². The van der Waals surface area contributed by atoms with Gasteiger partial charge in [-0.3, -0.25) is 14.4 Å². The van der Waals surface area contributed by atoms with E-state index in [0.29, 0.717) is 11.8 Å². The summed E-state index contributed by atoms with van der Waals surface area (Å²) in [6.45, 7) is -0.298. The highest BCUT2D eigenvalue weighted by atomic mass is 79.9. The van der Waals surface area contributed by atoms with Gasteiger partial charge in [-0.1, -0.05) is 15.9 Å². The van der Waals surface area contributed by atoms with E-state index in [1.54, 1.807) is 0 Å². The zero-order chi connectivity index (χ0) is 8.69. The summed E-state index contributed by atoms with van der Waals surface area (Å²) in [6, 6.07) is 0. The molecule has 0 atom stereocenters. The fraction of sp³-hybridized carbons (Fsp3) is 0.600. The largest absolute Gasteiger partial charge is 0.368 e. The van der Waals surface area contributed by atoms with Gasteiger partial charge in [0, 0.05) is 11.8 Å². The van der Waals surface area contributed by atoms with Crippen molar-refractivity contribution in [2.45, 2.75) is 6.42 Å². The van der Waals surface area contributed by atoms with Crippen molar-refractivity contribution in [3.05, 3.63) is 0 Å². The van der Waals surface area contributed by atoms with E-state index in [1.165, 1.54) is 0 Å². The summed E-state index contributed by atoms with van der Waals surface area (Å²) in [5.41, 5.74) is 6.77. The predicted octanol–water partition coefficient (Wildman–Crippen LogP) is -0.696. The minimum absolute atomic E-state index is 0.289. The highest BCUT2D eigenvalue weighted by Crippen LogP contribution is 1.86. The van der Waals surface area contributed by atoms with Crippen LogP contribution in [0.5, 0.6) is 0 Å². The van der Waals surface area contributed by atoms with Gasteiger partial charge >= 0.3 is 0 Å². The molecule has 0 bridgehead atoms. The van der Waals surface area contributed by atoms with Crippen LogP contribution in [-0.2, 0) is 14.4 Å². The van der Waals surface area contributed by atoms with E-state index in [9.17, 15) is 9.59 Å². The number of halogens is 1. The third kappa shape index (κ3) is 7.27. The molecule has 2 amide bonds. The van der Waals surface area contributed by atoms with Crippen LogP contribution in [0, 0.1) is 0 Å². The van der Waals surface area contributed by atoms with Gasteiger partial charge in [0.05, 0.1) is 0 Å². The van der Waals surface area contributed by atoms with Gasteiger partial charge in [-0.15, -0.1) is 0 Å². The Hall–Kier alpha value is -0.620. The van der Waals surface area contributed by atoms with E-state index in [2.05, 4.69) is 20.8 Å². The first kappa shape index (κ1) is 10.4. The fourth-order valence-electron chi connectivity index (χ4n) is 0.325. The first-order valence-electron chi connectivity index (χ1n) is 2.91. The molecule has 0 aromatic heterocycles. The summed E-state index contributed by atoms with van der Waals surface area (Å²) >= 11 is 3.06. The first-order valence-corrected chi connectivity index (χ1v) is 4.04. The highest BCUT2D eigenvalue weighted by Gasteiger charge is 1.99. The lowest BCUT2D eigenvalue weighted by Gasteiger charge is -2.01. The molecule has 0 saturated carbocycles. The van der Waals surface area contributed by atoms with Crippen LogP contribution in [0.1, 0.15) is 6.42 Å². The van der Waals surface area contributed by atoms with Crippen LogP contribution in [0.4, 0.5) is 0 Å². The Kier molecular flexibility index (Phi) is 5.77.